The summed E-state index contributed by atoms with van der Waals surface area (Å²) in [4.78, 5) is 26.8. The Morgan fingerprint density at radius 2 is 1.86 bits per heavy atom. The standard InChI is InChI=1S/C21H17N3O5/c25-20(15-12-14-4-1-2-5-16(14)28-21(15)26)24-9-7-13(8-10-24)18-22-23-19(29-18)17-6-3-11-27-17/h1-6,11-13H,7-10H2. The van der Waals surface area contributed by atoms with Crippen LogP contribution in [0.1, 0.15) is 35.0 Å². The van der Waals surface area contributed by atoms with E-state index in [9.17, 15) is 9.59 Å². The summed E-state index contributed by atoms with van der Waals surface area (Å²) in [6, 6.07) is 12.3. The second kappa shape index (κ2) is 7.05. The molecule has 1 amide bonds. The molecule has 8 nitrogen and oxygen atoms in total. The predicted molar refractivity (Wildman–Crippen MR) is 102 cm³/mol. The third-order valence-electron chi connectivity index (χ3n) is 5.18. The molecule has 4 heterocycles. The first kappa shape index (κ1) is 17.4. The van der Waals surface area contributed by atoms with Crippen molar-refractivity contribution in [1.29, 1.82) is 0 Å². The maximum absolute atomic E-state index is 12.9. The molecule has 4 aromatic rings. The first-order chi connectivity index (χ1) is 14.2. The van der Waals surface area contributed by atoms with Crippen molar-refractivity contribution in [2.75, 3.05) is 13.1 Å². The van der Waals surface area contributed by atoms with Gasteiger partial charge in [-0.15, -0.1) is 10.2 Å². The molecule has 0 atom stereocenters. The fourth-order valence-electron chi connectivity index (χ4n) is 3.61. The largest absolute Gasteiger partial charge is 0.459 e. The normalized spacial score (nSPS) is 15.1. The average molecular weight is 391 g/mol. The number of carbonyl (C=O) groups excluding carboxylic acids is 1. The zero-order valence-electron chi connectivity index (χ0n) is 15.4. The third-order valence-corrected chi connectivity index (χ3v) is 5.18. The van der Waals surface area contributed by atoms with Crippen molar-refractivity contribution in [3.8, 4) is 11.7 Å². The Balaban J connectivity index is 1.30. The van der Waals surface area contributed by atoms with Crippen LogP contribution >= 0.6 is 0 Å². The van der Waals surface area contributed by atoms with Gasteiger partial charge >= 0.3 is 5.63 Å². The van der Waals surface area contributed by atoms with Gasteiger partial charge in [0.25, 0.3) is 11.8 Å². The number of para-hydroxylation sites is 1. The lowest BCUT2D eigenvalue weighted by Crippen LogP contribution is -2.39. The second-order valence-corrected chi connectivity index (χ2v) is 6.97. The Morgan fingerprint density at radius 3 is 2.66 bits per heavy atom. The van der Waals surface area contributed by atoms with Crippen LogP contribution in [-0.4, -0.2) is 34.1 Å². The molecule has 1 aliphatic heterocycles. The number of hydrogen-bond acceptors (Lipinski definition) is 7. The second-order valence-electron chi connectivity index (χ2n) is 6.97. The minimum Gasteiger partial charge on any atom is -0.459 e. The Hall–Kier alpha value is -3.68. The molecule has 1 aliphatic rings. The SMILES string of the molecule is O=C(c1cc2ccccc2oc1=O)N1CCC(c2nnc(-c3ccco3)o2)CC1. The number of piperidine rings is 1. The zero-order chi connectivity index (χ0) is 19.8. The highest BCUT2D eigenvalue weighted by atomic mass is 16.4. The highest BCUT2D eigenvalue weighted by molar-refractivity contribution is 5.96. The van der Waals surface area contributed by atoms with Crippen molar-refractivity contribution in [3.63, 3.8) is 0 Å². The summed E-state index contributed by atoms with van der Waals surface area (Å²) in [7, 11) is 0. The van der Waals surface area contributed by atoms with Crippen LogP contribution in [0.2, 0.25) is 0 Å². The van der Waals surface area contributed by atoms with Gasteiger partial charge in [0.2, 0.25) is 5.89 Å². The molecule has 1 fully saturated rings. The maximum Gasteiger partial charge on any atom is 0.349 e. The fraction of sp³-hybridized carbons (Fsp3) is 0.238. The molecular weight excluding hydrogens is 374 g/mol. The summed E-state index contributed by atoms with van der Waals surface area (Å²) in [5.74, 6) is 1.15. The van der Waals surface area contributed by atoms with Crippen LogP contribution in [0, 0.1) is 0 Å². The van der Waals surface area contributed by atoms with E-state index in [2.05, 4.69) is 10.2 Å². The minimum absolute atomic E-state index is 0.0556. The van der Waals surface area contributed by atoms with E-state index >= 15 is 0 Å². The number of rotatable bonds is 3. The molecule has 1 aromatic carbocycles. The lowest BCUT2D eigenvalue weighted by atomic mass is 9.96. The molecular formula is C21H17N3O5. The van der Waals surface area contributed by atoms with Gasteiger partial charge in [-0.1, -0.05) is 18.2 Å². The van der Waals surface area contributed by atoms with Crippen LogP contribution in [-0.2, 0) is 0 Å². The van der Waals surface area contributed by atoms with Gasteiger partial charge in [-0.3, -0.25) is 4.79 Å². The van der Waals surface area contributed by atoms with Crippen molar-refractivity contribution >= 4 is 16.9 Å². The number of likely N-dealkylation sites (tertiary alicyclic amines) is 1. The number of hydrogen-bond donors (Lipinski definition) is 0. The number of fused-ring (bicyclic) bond motifs is 1. The van der Waals surface area contributed by atoms with Gasteiger partial charge in [0, 0.05) is 24.4 Å². The van der Waals surface area contributed by atoms with Crippen LogP contribution in [0.25, 0.3) is 22.6 Å². The van der Waals surface area contributed by atoms with Gasteiger partial charge in [0.1, 0.15) is 11.1 Å². The molecule has 0 N–H and O–H groups in total. The van der Waals surface area contributed by atoms with E-state index in [0.717, 1.165) is 5.39 Å². The van der Waals surface area contributed by atoms with Gasteiger partial charge in [-0.25, -0.2) is 4.79 Å². The highest BCUT2D eigenvalue weighted by Gasteiger charge is 2.29. The van der Waals surface area contributed by atoms with Gasteiger partial charge in [-0.05, 0) is 37.1 Å². The first-order valence-corrected chi connectivity index (χ1v) is 9.38. The van der Waals surface area contributed by atoms with E-state index < -0.39 is 5.63 Å². The minimum atomic E-state index is -0.615. The molecule has 146 valence electrons. The van der Waals surface area contributed by atoms with Gasteiger partial charge in [0.05, 0.1) is 6.26 Å². The van der Waals surface area contributed by atoms with Crippen molar-refractivity contribution in [3.05, 3.63) is 70.6 Å². The zero-order valence-corrected chi connectivity index (χ0v) is 15.4. The summed E-state index contributed by atoms with van der Waals surface area (Å²) < 4.78 is 16.3. The van der Waals surface area contributed by atoms with Gasteiger partial charge in [0.15, 0.2) is 5.76 Å². The van der Waals surface area contributed by atoms with E-state index in [1.165, 1.54) is 0 Å². The molecule has 3 aromatic heterocycles. The number of furan rings is 1. The number of aromatic nitrogens is 2. The van der Waals surface area contributed by atoms with Crippen molar-refractivity contribution in [2.24, 2.45) is 0 Å². The molecule has 0 saturated carbocycles. The summed E-state index contributed by atoms with van der Waals surface area (Å²) >= 11 is 0. The summed E-state index contributed by atoms with van der Waals surface area (Å²) in [5.41, 5.74) is -0.0904. The van der Waals surface area contributed by atoms with Crippen LogP contribution in [0.3, 0.4) is 0 Å². The van der Waals surface area contributed by atoms with Crippen LogP contribution in [0.15, 0.2) is 66.8 Å². The molecule has 0 unspecified atom stereocenters. The van der Waals surface area contributed by atoms with Crippen LogP contribution in [0.5, 0.6) is 0 Å². The molecule has 0 bridgehead atoms. The number of benzene rings is 1. The fourth-order valence-corrected chi connectivity index (χ4v) is 3.61. The topological polar surface area (TPSA) is 103 Å². The van der Waals surface area contributed by atoms with Gasteiger partial charge in [-0.2, -0.15) is 0 Å². The molecule has 0 radical (unpaired) electrons. The summed E-state index contributed by atoms with van der Waals surface area (Å²) in [6.45, 7) is 0.989. The molecule has 1 saturated heterocycles. The maximum atomic E-state index is 12.9. The lowest BCUT2D eigenvalue weighted by molar-refractivity contribution is 0.0702. The highest BCUT2D eigenvalue weighted by Crippen LogP contribution is 2.30. The Kier molecular flexibility index (Phi) is 4.23. The predicted octanol–water partition coefficient (Wildman–Crippen LogP) is 3.46. The number of carbonyl (C=O) groups is 1. The van der Waals surface area contributed by atoms with Crippen molar-refractivity contribution < 1.29 is 18.0 Å². The molecule has 5 rings (SSSR count). The Bertz CT molecular complexity index is 1220. The number of amides is 1. The van der Waals surface area contributed by atoms with Crippen LogP contribution < -0.4 is 5.63 Å². The van der Waals surface area contributed by atoms with E-state index in [-0.39, 0.29) is 17.4 Å². The monoisotopic (exact) mass is 391 g/mol. The quantitative estimate of drug-likeness (QED) is 0.493. The lowest BCUT2D eigenvalue weighted by Gasteiger charge is -2.30. The van der Waals surface area contributed by atoms with Crippen molar-refractivity contribution in [1.82, 2.24) is 15.1 Å². The molecule has 0 spiro atoms. The molecule has 29 heavy (non-hydrogen) atoms. The van der Waals surface area contributed by atoms with E-state index in [1.54, 1.807) is 41.5 Å². The Labute approximate surface area is 164 Å². The first-order valence-electron chi connectivity index (χ1n) is 9.38. The van der Waals surface area contributed by atoms with Crippen LogP contribution in [0.4, 0.5) is 0 Å². The van der Waals surface area contributed by atoms with E-state index in [4.69, 9.17) is 13.3 Å². The molecule has 8 heteroatoms. The molecule has 0 aliphatic carbocycles. The summed E-state index contributed by atoms with van der Waals surface area (Å²) in [6.07, 6.45) is 2.89. The third kappa shape index (κ3) is 3.22. The average Bonchev–Trinajstić information content (AvgIpc) is 3.45. The van der Waals surface area contributed by atoms with Crippen molar-refractivity contribution in [2.45, 2.75) is 18.8 Å². The van der Waals surface area contributed by atoms with Gasteiger partial charge < -0.3 is 18.2 Å². The summed E-state index contributed by atoms with van der Waals surface area (Å²) in [5, 5.41) is 8.88. The number of nitrogens with zero attached hydrogens (tertiary/aromatic N) is 3. The Morgan fingerprint density at radius 1 is 1.03 bits per heavy atom. The van der Waals surface area contributed by atoms with E-state index in [1.807, 2.05) is 12.1 Å². The van der Waals surface area contributed by atoms with E-state index in [0.29, 0.717) is 49.1 Å². The smallest absolute Gasteiger partial charge is 0.349 e.